The molecule has 1 N–H and O–H groups in total. The topological polar surface area (TPSA) is 72.8 Å². The predicted octanol–water partition coefficient (Wildman–Crippen LogP) is 1.70. The second-order valence-corrected chi connectivity index (χ2v) is 8.02. The molecule has 2 rings (SSSR count). The summed E-state index contributed by atoms with van der Waals surface area (Å²) in [6, 6.07) is 5.17. The minimum atomic E-state index is -3.04. The van der Waals surface area contributed by atoms with Gasteiger partial charge in [0.15, 0.2) is 9.84 Å². The lowest BCUT2D eigenvalue weighted by Gasteiger charge is -2.35. The van der Waals surface area contributed by atoms with Crippen LogP contribution in [-0.2, 0) is 9.84 Å². The molecule has 0 saturated heterocycles. The lowest BCUT2D eigenvalue weighted by Crippen LogP contribution is -2.34. The Hall–Kier alpha value is -1.27. The van der Waals surface area contributed by atoms with Gasteiger partial charge < -0.3 is 14.6 Å². The van der Waals surface area contributed by atoms with Crippen molar-refractivity contribution in [3.8, 4) is 11.5 Å². The maximum absolute atomic E-state index is 11.0. The number of aliphatic hydroxyl groups excluding tert-OH is 1. The molecule has 0 radical (unpaired) electrons. The zero-order valence-electron chi connectivity index (χ0n) is 11.9. The van der Waals surface area contributed by atoms with E-state index in [1.54, 1.807) is 18.2 Å². The highest BCUT2D eigenvalue weighted by molar-refractivity contribution is 7.90. The minimum Gasteiger partial charge on any atom is -0.492 e. The maximum atomic E-state index is 11.0. The van der Waals surface area contributed by atoms with Crippen LogP contribution in [0.3, 0.4) is 0 Å². The molecule has 20 heavy (non-hydrogen) atoms. The molecule has 1 aliphatic heterocycles. The summed E-state index contributed by atoms with van der Waals surface area (Å²) in [7, 11) is -3.04. The molecule has 1 heterocycles. The molecule has 6 heteroatoms. The van der Waals surface area contributed by atoms with Gasteiger partial charge >= 0.3 is 0 Å². The van der Waals surface area contributed by atoms with E-state index in [2.05, 4.69) is 0 Å². The van der Waals surface area contributed by atoms with Crippen LogP contribution in [0.1, 0.15) is 31.9 Å². The van der Waals surface area contributed by atoms with E-state index in [4.69, 9.17) is 9.47 Å². The van der Waals surface area contributed by atoms with E-state index < -0.39 is 21.5 Å². The van der Waals surface area contributed by atoms with Gasteiger partial charge in [0.2, 0.25) is 0 Å². The summed E-state index contributed by atoms with van der Waals surface area (Å²) >= 11 is 0. The average molecular weight is 300 g/mol. The molecule has 1 aliphatic rings. The number of hydrogen-bond donors (Lipinski definition) is 1. The summed E-state index contributed by atoms with van der Waals surface area (Å²) < 4.78 is 33.3. The quantitative estimate of drug-likeness (QED) is 0.916. The van der Waals surface area contributed by atoms with Crippen LogP contribution in [0.25, 0.3) is 0 Å². The molecular formula is C14H20O5S. The molecule has 0 spiro atoms. The SMILES string of the molecule is CC1(C)CC(O)c2ccc(OCCS(C)(=O)=O)cc2O1. The van der Waals surface area contributed by atoms with E-state index in [-0.39, 0.29) is 12.4 Å². The molecule has 1 aromatic carbocycles. The van der Waals surface area contributed by atoms with Gasteiger partial charge in [-0.1, -0.05) is 0 Å². The van der Waals surface area contributed by atoms with Crippen LogP contribution in [0.4, 0.5) is 0 Å². The standard InChI is InChI=1S/C14H20O5S/c1-14(2)9-12(15)11-5-4-10(8-13(11)19-14)18-6-7-20(3,16)17/h4-5,8,12,15H,6-7,9H2,1-3H3. The van der Waals surface area contributed by atoms with E-state index in [0.29, 0.717) is 17.9 Å². The van der Waals surface area contributed by atoms with Gasteiger partial charge in [-0.05, 0) is 26.0 Å². The highest BCUT2D eigenvalue weighted by atomic mass is 32.2. The molecule has 5 nitrogen and oxygen atoms in total. The second-order valence-electron chi connectivity index (χ2n) is 5.76. The molecule has 1 aromatic rings. The summed E-state index contributed by atoms with van der Waals surface area (Å²) in [5.41, 5.74) is 0.303. The molecule has 0 aliphatic carbocycles. The lowest BCUT2D eigenvalue weighted by atomic mass is 9.92. The van der Waals surface area contributed by atoms with Crippen LogP contribution < -0.4 is 9.47 Å². The molecule has 1 atom stereocenters. The first-order chi connectivity index (χ1) is 9.16. The first-order valence-corrected chi connectivity index (χ1v) is 8.54. The van der Waals surface area contributed by atoms with Crippen molar-refractivity contribution in [2.45, 2.75) is 32.0 Å². The van der Waals surface area contributed by atoms with Crippen LogP contribution in [0.2, 0.25) is 0 Å². The average Bonchev–Trinajstić information content (AvgIpc) is 2.24. The Morgan fingerprint density at radius 2 is 2.15 bits per heavy atom. The Labute approximate surface area is 119 Å². The summed E-state index contributed by atoms with van der Waals surface area (Å²) in [6.45, 7) is 3.93. The van der Waals surface area contributed by atoms with Crippen LogP contribution in [0.15, 0.2) is 18.2 Å². The summed E-state index contributed by atoms with van der Waals surface area (Å²) in [5, 5.41) is 10.1. The summed E-state index contributed by atoms with van der Waals surface area (Å²) in [6.07, 6.45) is 1.15. The van der Waals surface area contributed by atoms with Gasteiger partial charge in [-0.15, -0.1) is 0 Å². The fourth-order valence-corrected chi connectivity index (χ4v) is 2.58. The number of benzene rings is 1. The molecule has 0 bridgehead atoms. The van der Waals surface area contributed by atoms with E-state index in [1.165, 1.54) is 6.26 Å². The Morgan fingerprint density at radius 3 is 2.80 bits per heavy atom. The zero-order valence-corrected chi connectivity index (χ0v) is 12.7. The van der Waals surface area contributed by atoms with Crippen LogP contribution >= 0.6 is 0 Å². The van der Waals surface area contributed by atoms with Gasteiger partial charge in [0.25, 0.3) is 0 Å². The molecule has 0 amide bonds. The fourth-order valence-electron chi connectivity index (χ4n) is 2.19. The molecule has 112 valence electrons. The number of hydrogen-bond acceptors (Lipinski definition) is 5. The van der Waals surface area contributed by atoms with Gasteiger partial charge in [-0.25, -0.2) is 8.42 Å². The largest absolute Gasteiger partial charge is 0.492 e. The number of aliphatic hydroxyl groups is 1. The predicted molar refractivity (Wildman–Crippen MR) is 75.9 cm³/mol. The van der Waals surface area contributed by atoms with E-state index >= 15 is 0 Å². The monoisotopic (exact) mass is 300 g/mol. The van der Waals surface area contributed by atoms with Crippen LogP contribution in [0.5, 0.6) is 11.5 Å². The van der Waals surface area contributed by atoms with Crippen molar-refractivity contribution in [1.29, 1.82) is 0 Å². The molecule has 1 unspecified atom stereocenters. The highest BCUT2D eigenvalue weighted by Gasteiger charge is 2.32. The first kappa shape index (κ1) is 15.1. The van der Waals surface area contributed by atoms with Gasteiger partial charge in [-0.3, -0.25) is 0 Å². The van der Waals surface area contributed by atoms with Crippen molar-refractivity contribution in [3.05, 3.63) is 23.8 Å². The highest BCUT2D eigenvalue weighted by Crippen LogP contribution is 2.40. The van der Waals surface area contributed by atoms with Crippen molar-refractivity contribution in [2.24, 2.45) is 0 Å². The Bertz CT molecular complexity index is 592. The van der Waals surface area contributed by atoms with Crippen molar-refractivity contribution < 1.29 is 23.0 Å². The van der Waals surface area contributed by atoms with E-state index in [1.807, 2.05) is 13.8 Å². The summed E-state index contributed by atoms with van der Waals surface area (Å²) in [5.74, 6) is 1.10. The fraction of sp³-hybridized carbons (Fsp3) is 0.571. The molecule has 0 saturated carbocycles. The first-order valence-electron chi connectivity index (χ1n) is 6.48. The van der Waals surface area contributed by atoms with Gasteiger partial charge in [0.1, 0.15) is 23.7 Å². The number of ether oxygens (including phenoxy) is 2. The third-order valence-corrected chi connectivity index (χ3v) is 4.05. The normalized spacial score (nSPS) is 20.9. The van der Waals surface area contributed by atoms with Crippen molar-refractivity contribution >= 4 is 9.84 Å². The number of fused-ring (bicyclic) bond motifs is 1. The smallest absolute Gasteiger partial charge is 0.150 e. The van der Waals surface area contributed by atoms with E-state index in [9.17, 15) is 13.5 Å². The minimum absolute atomic E-state index is 0.0287. The third kappa shape index (κ3) is 3.86. The number of sulfone groups is 1. The van der Waals surface area contributed by atoms with Gasteiger partial charge in [0, 0.05) is 24.3 Å². The molecule has 0 aromatic heterocycles. The lowest BCUT2D eigenvalue weighted by molar-refractivity contribution is 0.0113. The van der Waals surface area contributed by atoms with E-state index in [0.717, 1.165) is 5.56 Å². The maximum Gasteiger partial charge on any atom is 0.150 e. The molecule has 0 fully saturated rings. The zero-order chi connectivity index (χ0) is 15.0. The third-order valence-electron chi connectivity index (χ3n) is 3.14. The van der Waals surface area contributed by atoms with Gasteiger partial charge in [-0.2, -0.15) is 0 Å². The Kier molecular flexibility index (Phi) is 3.97. The summed E-state index contributed by atoms with van der Waals surface area (Å²) in [4.78, 5) is 0. The van der Waals surface area contributed by atoms with Gasteiger partial charge in [0.05, 0.1) is 11.9 Å². The Morgan fingerprint density at radius 1 is 1.45 bits per heavy atom. The molecular weight excluding hydrogens is 280 g/mol. The second kappa shape index (κ2) is 5.26. The van der Waals surface area contributed by atoms with Crippen molar-refractivity contribution in [2.75, 3.05) is 18.6 Å². The Balaban J connectivity index is 2.11. The van der Waals surface area contributed by atoms with Crippen molar-refractivity contribution in [3.63, 3.8) is 0 Å². The van der Waals surface area contributed by atoms with Crippen LogP contribution in [0, 0.1) is 0 Å². The number of rotatable bonds is 4. The van der Waals surface area contributed by atoms with Crippen LogP contribution in [-0.4, -0.2) is 37.7 Å². The van der Waals surface area contributed by atoms with Crippen molar-refractivity contribution in [1.82, 2.24) is 0 Å².